The summed E-state index contributed by atoms with van der Waals surface area (Å²) in [6.07, 6.45) is 0.389. The van der Waals surface area contributed by atoms with Crippen LogP contribution in [0.25, 0.3) is 0 Å². The maximum absolute atomic E-state index is 13.3. The zero-order valence-electron chi connectivity index (χ0n) is 8.72. The molecule has 1 atom stereocenters. The van der Waals surface area contributed by atoms with Gasteiger partial charge in [0, 0.05) is 18.3 Å². The molecule has 2 nitrogen and oxygen atoms in total. The van der Waals surface area contributed by atoms with E-state index in [2.05, 4.69) is 15.9 Å². The standard InChI is InChI=1S/C11H9BrClF2NO/c12-4-6-3-9(17)16(5-6)8-2-1-7(14)11(15)10(8)13/h1-2,6H,3-5H2. The van der Waals surface area contributed by atoms with E-state index in [0.29, 0.717) is 18.3 Å². The molecular weight excluding hydrogens is 315 g/mol. The monoisotopic (exact) mass is 323 g/mol. The molecule has 1 saturated heterocycles. The highest BCUT2D eigenvalue weighted by atomic mass is 79.9. The Morgan fingerprint density at radius 2 is 2.18 bits per heavy atom. The third kappa shape index (κ3) is 2.31. The van der Waals surface area contributed by atoms with Gasteiger partial charge >= 0.3 is 0 Å². The maximum atomic E-state index is 13.3. The van der Waals surface area contributed by atoms with Gasteiger partial charge in [-0.1, -0.05) is 27.5 Å². The molecule has 1 fully saturated rings. The van der Waals surface area contributed by atoms with E-state index in [0.717, 1.165) is 6.07 Å². The molecule has 0 aliphatic carbocycles. The van der Waals surface area contributed by atoms with Crippen molar-refractivity contribution in [2.45, 2.75) is 6.42 Å². The molecule has 0 saturated carbocycles. The summed E-state index contributed by atoms with van der Waals surface area (Å²) in [5, 5.41) is 0.352. The van der Waals surface area contributed by atoms with Crippen molar-refractivity contribution in [3.05, 3.63) is 28.8 Å². The van der Waals surface area contributed by atoms with Crippen LogP contribution in [0.2, 0.25) is 5.02 Å². The van der Waals surface area contributed by atoms with Gasteiger partial charge in [0.2, 0.25) is 5.91 Å². The van der Waals surface area contributed by atoms with Crippen molar-refractivity contribution in [1.82, 2.24) is 0 Å². The first-order valence-electron chi connectivity index (χ1n) is 5.04. The summed E-state index contributed by atoms with van der Waals surface area (Å²) >= 11 is 9.02. The number of rotatable bonds is 2. The van der Waals surface area contributed by atoms with Crippen LogP contribution in [0.4, 0.5) is 14.5 Å². The van der Waals surface area contributed by atoms with Crippen LogP contribution in [0.1, 0.15) is 6.42 Å². The molecule has 17 heavy (non-hydrogen) atoms. The Kier molecular flexibility index (Phi) is 3.68. The van der Waals surface area contributed by atoms with Crippen LogP contribution in [0.5, 0.6) is 0 Å². The molecule has 0 spiro atoms. The van der Waals surface area contributed by atoms with Gasteiger partial charge in [0.05, 0.1) is 5.69 Å². The highest BCUT2D eigenvalue weighted by Crippen LogP contribution is 2.34. The number of benzene rings is 1. The van der Waals surface area contributed by atoms with Crippen molar-refractivity contribution in [2.24, 2.45) is 5.92 Å². The van der Waals surface area contributed by atoms with Gasteiger partial charge in [-0.15, -0.1) is 0 Å². The Hall–Kier alpha value is -0.680. The Balaban J connectivity index is 2.35. The van der Waals surface area contributed by atoms with Crippen LogP contribution in [-0.2, 0) is 4.79 Å². The number of hydrogen-bond acceptors (Lipinski definition) is 1. The molecule has 1 heterocycles. The van der Waals surface area contributed by atoms with Gasteiger partial charge in [0.1, 0.15) is 5.02 Å². The minimum atomic E-state index is -1.11. The second-order valence-electron chi connectivity index (χ2n) is 3.92. The van der Waals surface area contributed by atoms with E-state index in [9.17, 15) is 13.6 Å². The largest absolute Gasteiger partial charge is 0.310 e. The summed E-state index contributed by atoms with van der Waals surface area (Å²) in [5.41, 5.74) is 0.235. The SMILES string of the molecule is O=C1CC(CBr)CN1c1ccc(F)c(F)c1Cl. The average Bonchev–Trinajstić information content (AvgIpc) is 2.68. The zero-order valence-corrected chi connectivity index (χ0v) is 11.1. The summed E-state index contributed by atoms with van der Waals surface area (Å²) in [7, 11) is 0. The normalized spacial score (nSPS) is 20.1. The Labute approximate surface area is 111 Å². The molecule has 0 N–H and O–H groups in total. The molecular formula is C11H9BrClF2NO. The summed E-state index contributed by atoms with van der Waals surface area (Å²) in [4.78, 5) is 13.1. The van der Waals surface area contributed by atoms with Crippen LogP contribution in [-0.4, -0.2) is 17.8 Å². The first kappa shape index (κ1) is 12.8. The molecule has 2 rings (SSSR count). The van der Waals surface area contributed by atoms with E-state index in [1.54, 1.807) is 0 Å². The second kappa shape index (κ2) is 4.90. The quantitative estimate of drug-likeness (QED) is 0.603. The smallest absolute Gasteiger partial charge is 0.227 e. The molecule has 0 aromatic heterocycles. The van der Waals surface area contributed by atoms with E-state index in [1.165, 1.54) is 11.0 Å². The lowest BCUT2D eigenvalue weighted by Gasteiger charge is -2.18. The number of anilines is 1. The van der Waals surface area contributed by atoms with Crippen molar-refractivity contribution in [3.8, 4) is 0 Å². The van der Waals surface area contributed by atoms with Crippen LogP contribution >= 0.6 is 27.5 Å². The number of halogens is 4. The molecule has 1 unspecified atom stereocenters. The summed E-state index contributed by atoms with van der Waals surface area (Å²) in [6, 6.07) is 2.31. The molecule has 0 bridgehead atoms. The third-order valence-electron chi connectivity index (χ3n) is 2.73. The van der Waals surface area contributed by atoms with Crippen molar-refractivity contribution in [2.75, 3.05) is 16.8 Å². The van der Waals surface area contributed by atoms with Gasteiger partial charge < -0.3 is 4.90 Å². The van der Waals surface area contributed by atoms with Crippen LogP contribution in [0, 0.1) is 17.6 Å². The number of carbonyl (C=O) groups is 1. The van der Waals surface area contributed by atoms with Crippen LogP contribution in [0.15, 0.2) is 12.1 Å². The lowest BCUT2D eigenvalue weighted by molar-refractivity contribution is -0.117. The lowest BCUT2D eigenvalue weighted by Crippen LogP contribution is -2.25. The summed E-state index contributed by atoms with van der Waals surface area (Å²) in [5.74, 6) is -2.07. The van der Waals surface area contributed by atoms with Gasteiger partial charge in [-0.05, 0) is 18.1 Å². The maximum Gasteiger partial charge on any atom is 0.227 e. The first-order chi connectivity index (χ1) is 8.04. The van der Waals surface area contributed by atoms with E-state index >= 15 is 0 Å². The van der Waals surface area contributed by atoms with E-state index < -0.39 is 11.6 Å². The predicted molar refractivity (Wildman–Crippen MR) is 65.6 cm³/mol. The topological polar surface area (TPSA) is 20.3 Å². The average molecular weight is 325 g/mol. The fourth-order valence-electron chi connectivity index (χ4n) is 1.84. The Morgan fingerprint density at radius 3 is 2.76 bits per heavy atom. The van der Waals surface area contributed by atoms with Crippen LogP contribution < -0.4 is 4.90 Å². The summed E-state index contributed by atoms with van der Waals surface area (Å²) < 4.78 is 26.2. The molecule has 92 valence electrons. The first-order valence-corrected chi connectivity index (χ1v) is 6.54. The van der Waals surface area contributed by atoms with Gasteiger partial charge in [0.25, 0.3) is 0 Å². The van der Waals surface area contributed by atoms with Crippen LogP contribution in [0.3, 0.4) is 0 Å². The number of alkyl halides is 1. The number of amides is 1. The third-order valence-corrected chi connectivity index (χ3v) is 4.00. The zero-order chi connectivity index (χ0) is 12.6. The Morgan fingerprint density at radius 1 is 1.47 bits per heavy atom. The fourth-order valence-corrected chi connectivity index (χ4v) is 2.53. The van der Waals surface area contributed by atoms with Crippen molar-refractivity contribution in [1.29, 1.82) is 0 Å². The predicted octanol–water partition coefficient (Wildman–Crippen LogP) is 3.37. The molecule has 1 amide bonds. The van der Waals surface area contributed by atoms with Gasteiger partial charge in [0.15, 0.2) is 11.6 Å². The van der Waals surface area contributed by atoms with Crippen molar-refractivity contribution in [3.63, 3.8) is 0 Å². The minimum absolute atomic E-state index is 0.123. The Bertz CT molecular complexity index is 469. The van der Waals surface area contributed by atoms with E-state index in [4.69, 9.17) is 11.6 Å². The van der Waals surface area contributed by atoms with Crippen molar-refractivity contribution >= 4 is 39.1 Å². The second-order valence-corrected chi connectivity index (χ2v) is 4.95. The van der Waals surface area contributed by atoms with Gasteiger partial charge in [-0.3, -0.25) is 4.79 Å². The van der Waals surface area contributed by atoms with E-state index in [-0.39, 0.29) is 22.5 Å². The molecule has 1 aromatic rings. The molecule has 1 aliphatic rings. The fraction of sp³-hybridized carbons (Fsp3) is 0.364. The molecule has 0 radical (unpaired) electrons. The molecule has 6 heteroatoms. The number of carbonyl (C=O) groups excluding carboxylic acids is 1. The van der Waals surface area contributed by atoms with Crippen molar-refractivity contribution < 1.29 is 13.6 Å². The highest BCUT2D eigenvalue weighted by molar-refractivity contribution is 9.09. The minimum Gasteiger partial charge on any atom is -0.310 e. The highest BCUT2D eigenvalue weighted by Gasteiger charge is 2.31. The van der Waals surface area contributed by atoms with Gasteiger partial charge in [-0.2, -0.15) is 0 Å². The number of nitrogens with zero attached hydrogens (tertiary/aromatic N) is 1. The summed E-state index contributed by atoms with van der Waals surface area (Å²) in [6.45, 7) is 0.467. The lowest BCUT2D eigenvalue weighted by atomic mass is 10.2. The van der Waals surface area contributed by atoms with Gasteiger partial charge in [-0.25, -0.2) is 8.78 Å². The number of hydrogen-bond donors (Lipinski definition) is 0. The molecule has 1 aliphatic heterocycles. The van der Waals surface area contributed by atoms with E-state index in [1.807, 2.05) is 0 Å². The molecule has 1 aromatic carbocycles.